The highest BCUT2D eigenvalue weighted by Crippen LogP contribution is 2.19. The maximum absolute atomic E-state index is 11.5. The van der Waals surface area contributed by atoms with Crippen molar-refractivity contribution < 1.29 is 19.1 Å². The molecule has 0 amide bonds. The maximum atomic E-state index is 11.5. The second kappa shape index (κ2) is 9.02. The summed E-state index contributed by atoms with van der Waals surface area (Å²) in [6.07, 6.45) is 4.19. The smallest absolute Gasteiger partial charge is 0.308 e. The molecule has 0 bridgehead atoms. The van der Waals surface area contributed by atoms with Crippen LogP contribution in [0.15, 0.2) is 0 Å². The van der Waals surface area contributed by atoms with Crippen molar-refractivity contribution in [1.82, 2.24) is 0 Å². The number of hydrogen-bond acceptors (Lipinski definition) is 4. The molecule has 0 heterocycles. The zero-order valence-corrected chi connectivity index (χ0v) is 11.3. The third-order valence-corrected chi connectivity index (χ3v) is 2.96. The molecule has 0 saturated heterocycles. The second-order valence-corrected chi connectivity index (χ2v) is 4.36. The van der Waals surface area contributed by atoms with E-state index in [1.807, 2.05) is 13.8 Å². The fraction of sp³-hybridized carbons (Fsp3) is 0.846. The molecule has 0 saturated carbocycles. The van der Waals surface area contributed by atoms with Crippen LogP contribution in [0.3, 0.4) is 0 Å². The Morgan fingerprint density at radius 1 is 1.00 bits per heavy atom. The van der Waals surface area contributed by atoms with Gasteiger partial charge < -0.3 is 9.47 Å². The lowest BCUT2D eigenvalue weighted by Crippen LogP contribution is -2.17. The van der Waals surface area contributed by atoms with Crippen LogP contribution in [0.25, 0.3) is 0 Å². The molecule has 4 heteroatoms. The molecule has 4 nitrogen and oxygen atoms in total. The fourth-order valence-electron chi connectivity index (χ4n) is 1.88. The van der Waals surface area contributed by atoms with Gasteiger partial charge in [0.05, 0.1) is 26.1 Å². The number of ether oxygens (including phenoxy) is 2. The summed E-state index contributed by atoms with van der Waals surface area (Å²) in [7, 11) is 2.81. The van der Waals surface area contributed by atoms with Gasteiger partial charge in [-0.1, -0.05) is 26.7 Å². The van der Waals surface area contributed by atoms with Gasteiger partial charge in [0.1, 0.15) is 0 Å². The molecule has 17 heavy (non-hydrogen) atoms. The first-order chi connectivity index (χ1) is 8.06. The Balaban J connectivity index is 3.97. The highest BCUT2D eigenvalue weighted by Gasteiger charge is 2.19. The zero-order valence-electron chi connectivity index (χ0n) is 11.3. The number of carbonyl (C=O) groups is 2. The van der Waals surface area contributed by atoms with Gasteiger partial charge >= 0.3 is 11.9 Å². The minimum atomic E-state index is -0.185. The lowest BCUT2D eigenvalue weighted by Gasteiger charge is -2.14. The Kier molecular flexibility index (Phi) is 8.46. The van der Waals surface area contributed by atoms with Crippen molar-refractivity contribution >= 4 is 11.9 Å². The van der Waals surface area contributed by atoms with E-state index < -0.39 is 0 Å². The zero-order chi connectivity index (χ0) is 13.3. The lowest BCUT2D eigenvalue weighted by molar-refractivity contribution is -0.146. The number of carbonyl (C=O) groups excluding carboxylic acids is 2. The number of esters is 2. The first-order valence-electron chi connectivity index (χ1n) is 6.22. The molecule has 0 aliphatic carbocycles. The summed E-state index contributed by atoms with van der Waals surface area (Å²) in [6, 6.07) is 0. The topological polar surface area (TPSA) is 52.6 Å². The van der Waals surface area contributed by atoms with E-state index in [-0.39, 0.29) is 23.8 Å². The molecule has 0 aromatic heterocycles. The molecular formula is C13H24O4. The van der Waals surface area contributed by atoms with Crippen LogP contribution >= 0.6 is 0 Å². The predicted molar refractivity (Wildman–Crippen MR) is 65.4 cm³/mol. The fourth-order valence-corrected chi connectivity index (χ4v) is 1.88. The number of hydrogen-bond donors (Lipinski definition) is 0. The van der Waals surface area contributed by atoms with Crippen LogP contribution in [0.2, 0.25) is 0 Å². The van der Waals surface area contributed by atoms with Gasteiger partial charge in [0, 0.05) is 0 Å². The minimum absolute atomic E-state index is 0.0325. The van der Waals surface area contributed by atoms with Crippen LogP contribution in [0.4, 0.5) is 0 Å². The largest absolute Gasteiger partial charge is 0.469 e. The van der Waals surface area contributed by atoms with Crippen molar-refractivity contribution in [3.05, 3.63) is 0 Å². The quantitative estimate of drug-likeness (QED) is 0.616. The van der Waals surface area contributed by atoms with Gasteiger partial charge in [0.25, 0.3) is 0 Å². The summed E-state index contributed by atoms with van der Waals surface area (Å²) in [5.41, 5.74) is 0. The molecule has 0 N–H and O–H groups in total. The van der Waals surface area contributed by atoms with Crippen molar-refractivity contribution in [1.29, 1.82) is 0 Å². The summed E-state index contributed by atoms with van der Waals surface area (Å²) in [5, 5.41) is 0. The third kappa shape index (κ3) is 6.29. The molecule has 0 aliphatic rings. The molecule has 0 aliphatic heterocycles. The van der Waals surface area contributed by atoms with Gasteiger partial charge in [0.2, 0.25) is 0 Å². The highest BCUT2D eigenvalue weighted by molar-refractivity contribution is 5.72. The van der Waals surface area contributed by atoms with E-state index in [9.17, 15) is 9.59 Å². The molecule has 0 aromatic carbocycles. The van der Waals surface area contributed by atoms with Crippen LogP contribution < -0.4 is 0 Å². The second-order valence-electron chi connectivity index (χ2n) is 4.36. The summed E-state index contributed by atoms with van der Waals surface area (Å²) >= 11 is 0. The summed E-state index contributed by atoms with van der Waals surface area (Å²) in [6.45, 7) is 3.89. The number of methoxy groups -OCH3 is 2. The minimum Gasteiger partial charge on any atom is -0.469 e. The van der Waals surface area contributed by atoms with Crippen molar-refractivity contribution in [2.24, 2.45) is 11.8 Å². The molecular weight excluding hydrogens is 220 g/mol. The van der Waals surface area contributed by atoms with Crippen molar-refractivity contribution in [2.45, 2.75) is 46.0 Å². The van der Waals surface area contributed by atoms with E-state index in [2.05, 4.69) is 4.74 Å². The SMILES string of the molecule is CCCC(CCCC(C)C(=O)OC)C(=O)OC. The van der Waals surface area contributed by atoms with Crippen LogP contribution in [0.5, 0.6) is 0 Å². The predicted octanol–water partition coefficient (Wildman–Crippen LogP) is 2.56. The Labute approximate surface area is 104 Å². The highest BCUT2D eigenvalue weighted by atomic mass is 16.5. The molecule has 2 atom stereocenters. The van der Waals surface area contributed by atoms with Gasteiger partial charge in [-0.3, -0.25) is 9.59 Å². The average molecular weight is 244 g/mol. The van der Waals surface area contributed by atoms with Crippen molar-refractivity contribution in [3.63, 3.8) is 0 Å². The van der Waals surface area contributed by atoms with Crippen LogP contribution in [-0.4, -0.2) is 26.2 Å². The van der Waals surface area contributed by atoms with E-state index in [1.54, 1.807) is 0 Å². The van der Waals surface area contributed by atoms with Gasteiger partial charge in [-0.25, -0.2) is 0 Å². The Morgan fingerprint density at radius 3 is 2.06 bits per heavy atom. The monoisotopic (exact) mass is 244 g/mol. The normalized spacial score (nSPS) is 13.9. The van der Waals surface area contributed by atoms with Gasteiger partial charge in [-0.2, -0.15) is 0 Å². The third-order valence-electron chi connectivity index (χ3n) is 2.96. The molecule has 100 valence electrons. The van der Waals surface area contributed by atoms with E-state index >= 15 is 0 Å². The Morgan fingerprint density at radius 2 is 1.59 bits per heavy atom. The number of rotatable bonds is 8. The summed E-state index contributed by atoms with van der Waals surface area (Å²) < 4.78 is 9.42. The standard InChI is InChI=1S/C13H24O4/c1-5-7-11(13(15)17-4)9-6-8-10(2)12(14)16-3/h10-11H,5-9H2,1-4H3. The van der Waals surface area contributed by atoms with E-state index in [0.717, 1.165) is 32.1 Å². The molecule has 2 unspecified atom stereocenters. The van der Waals surface area contributed by atoms with E-state index in [1.165, 1.54) is 14.2 Å². The Hall–Kier alpha value is -1.06. The van der Waals surface area contributed by atoms with Crippen molar-refractivity contribution in [2.75, 3.05) is 14.2 Å². The first kappa shape index (κ1) is 15.9. The van der Waals surface area contributed by atoms with Gasteiger partial charge in [-0.05, 0) is 19.3 Å². The van der Waals surface area contributed by atoms with Crippen molar-refractivity contribution in [3.8, 4) is 0 Å². The van der Waals surface area contributed by atoms with Crippen LogP contribution in [0, 0.1) is 11.8 Å². The summed E-state index contributed by atoms with van der Waals surface area (Å²) in [5.74, 6) is -0.456. The van der Waals surface area contributed by atoms with Gasteiger partial charge in [-0.15, -0.1) is 0 Å². The maximum Gasteiger partial charge on any atom is 0.308 e. The molecule has 0 fully saturated rings. The van der Waals surface area contributed by atoms with Crippen LogP contribution in [0.1, 0.15) is 46.0 Å². The average Bonchev–Trinajstić information content (AvgIpc) is 2.35. The summed E-state index contributed by atoms with van der Waals surface area (Å²) in [4.78, 5) is 22.6. The molecule has 0 radical (unpaired) electrons. The molecule has 0 spiro atoms. The van der Waals surface area contributed by atoms with Crippen LogP contribution in [-0.2, 0) is 19.1 Å². The van der Waals surface area contributed by atoms with Gasteiger partial charge in [0.15, 0.2) is 0 Å². The molecule has 0 rings (SSSR count). The first-order valence-corrected chi connectivity index (χ1v) is 6.22. The lowest BCUT2D eigenvalue weighted by atomic mass is 9.94. The van der Waals surface area contributed by atoms with E-state index in [0.29, 0.717) is 0 Å². The molecule has 0 aromatic rings. The van der Waals surface area contributed by atoms with E-state index in [4.69, 9.17) is 4.74 Å². The Bertz CT molecular complexity index is 238.